The summed E-state index contributed by atoms with van der Waals surface area (Å²) in [5, 5.41) is 10.7. The Balaban J connectivity index is 1.90. The normalized spacial score (nSPS) is 11.4. The van der Waals surface area contributed by atoms with Crippen LogP contribution in [0.5, 0.6) is 11.5 Å². The molecule has 3 aromatic rings. The first kappa shape index (κ1) is 24.2. The van der Waals surface area contributed by atoms with Crippen LogP contribution in [0, 0.1) is 0 Å². The van der Waals surface area contributed by atoms with Gasteiger partial charge in [0.2, 0.25) is 0 Å². The lowest BCUT2D eigenvalue weighted by Crippen LogP contribution is -2.16. The minimum Gasteiger partial charge on any atom is -0.496 e. The molecule has 1 amide bonds. The largest absolute Gasteiger partial charge is 0.496 e. The van der Waals surface area contributed by atoms with Crippen molar-refractivity contribution in [1.82, 2.24) is 19.8 Å². The van der Waals surface area contributed by atoms with Crippen LogP contribution in [-0.2, 0) is 19.7 Å². The number of hydrogen-bond donors (Lipinski definition) is 2. The summed E-state index contributed by atoms with van der Waals surface area (Å²) in [6.07, 6.45) is -0.792. The first-order valence-electron chi connectivity index (χ1n) is 10.0. The zero-order chi connectivity index (χ0) is 24.3. The summed E-state index contributed by atoms with van der Waals surface area (Å²) >= 11 is 6.54. The van der Waals surface area contributed by atoms with Crippen molar-refractivity contribution in [1.29, 1.82) is 0 Å². The molecule has 0 bridgehead atoms. The van der Waals surface area contributed by atoms with Crippen LogP contribution in [0.4, 0.5) is 10.5 Å². The van der Waals surface area contributed by atoms with Crippen molar-refractivity contribution in [3.8, 4) is 22.9 Å². The lowest BCUT2D eigenvalue weighted by Gasteiger charge is -2.16. The maximum atomic E-state index is 12.1. The fraction of sp³-hybridized carbons (Fsp3) is 0.429. The minimum atomic E-state index is -0.745. The van der Waals surface area contributed by atoms with Gasteiger partial charge in [0.15, 0.2) is 11.5 Å². The summed E-state index contributed by atoms with van der Waals surface area (Å²) < 4.78 is 22.0. The molecule has 0 aliphatic heterocycles. The molecule has 2 aromatic heterocycles. The first-order valence-corrected chi connectivity index (χ1v) is 10.4. The van der Waals surface area contributed by atoms with Crippen LogP contribution in [0.15, 0.2) is 12.1 Å². The smallest absolute Gasteiger partial charge is 0.411 e. The highest BCUT2D eigenvalue weighted by molar-refractivity contribution is 6.34. The van der Waals surface area contributed by atoms with Crippen molar-refractivity contribution in [2.24, 2.45) is 0 Å². The van der Waals surface area contributed by atoms with E-state index in [9.17, 15) is 9.59 Å². The van der Waals surface area contributed by atoms with Gasteiger partial charge in [0.05, 0.1) is 39.1 Å². The SMILES string of the molecule is COC(=O)CCOC(=O)Nc1cc(OC)c(-c2nc3c(Cl)c(C(C)(C)C)[nH]n3n2)c(OC)c1. The van der Waals surface area contributed by atoms with E-state index >= 15 is 0 Å². The second kappa shape index (κ2) is 9.57. The number of carbonyl (C=O) groups is 2. The molecule has 0 fully saturated rings. The average Bonchev–Trinajstić information content (AvgIpc) is 3.31. The molecule has 0 unspecified atom stereocenters. The standard InChI is InChI=1S/C21H26ClN5O6/c1-21(2,3)17-16(22)19-24-18(26-27(19)25-17)15-12(30-4)9-11(10-13(15)31-5)23-20(29)33-8-7-14(28)32-6/h9-10,25H,7-8H2,1-6H3,(H,23,29). The lowest BCUT2D eigenvalue weighted by atomic mass is 9.92. The molecule has 0 saturated carbocycles. The summed E-state index contributed by atoms with van der Waals surface area (Å²) in [6.45, 7) is 5.97. The van der Waals surface area contributed by atoms with E-state index in [4.69, 9.17) is 25.8 Å². The van der Waals surface area contributed by atoms with Gasteiger partial charge in [-0.05, 0) is 0 Å². The molecule has 12 heteroatoms. The molecule has 0 radical (unpaired) electrons. The van der Waals surface area contributed by atoms with Crippen molar-refractivity contribution in [3.05, 3.63) is 22.8 Å². The van der Waals surface area contributed by atoms with E-state index in [0.29, 0.717) is 39.2 Å². The molecule has 2 heterocycles. The number of nitrogens with zero attached hydrogens (tertiary/aromatic N) is 3. The molecule has 0 saturated heterocycles. The Morgan fingerprint density at radius 3 is 2.30 bits per heavy atom. The molecular weight excluding hydrogens is 454 g/mol. The molecular formula is C21H26ClN5O6. The Hall–Kier alpha value is -3.47. The molecule has 11 nitrogen and oxygen atoms in total. The van der Waals surface area contributed by atoms with Gasteiger partial charge < -0.3 is 18.9 Å². The second-order valence-corrected chi connectivity index (χ2v) is 8.44. The maximum Gasteiger partial charge on any atom is 0.411 e. The lowest BCUT2D eigenvalue weighted by molar-refractivity contribution is -0.141. The topological polar surface area (TPSA) is 129 Å². The van der Waals surface area contributed by atoms with Gasteiger partial charge in [0, 0.05) is 17.5 Å². The van der Waals surface area contributed by atoms with E-state index in [1.807, 2.05) is 20.8 Å². The predicted octanol–water partition coefficient (Wildman–Crippen LogP) is 3.80. The molecule has 178 valence electrons. The number of H-pyrrole nitrogens is 1. The third-order valence-corrected chi connectivity index (χ3v) is 5.09. The highest BCUT2D eigenvalue weighted by Gasteiger charge is 2.26. The van der Waals surface area contributed by atoms with Crippen LogP contribution in [-0.4, -0.2) is 59.8 Å². The number of rotatable bonds is 7. The fourth-order valence-corrected chi connectivity index (χ4v) is 3.54. The van der Waals surface area contributed by atoms with Crippen molar-refractivity contribution in [2.45, 2.75) is 32.6 Å². The monoisotopic (exact) mass is 479 g/mol. The van der Waals surface area contributed by atoms with Gasteiger partial charge in [-0.2, -0.15) is 4.63 Å². The number of ether oxygens (including phenoxy) is 4. The number of methoxy groups -OCH3 is 3. The number of benzene rings is 1. The molecule has 3 rings (SSSR count). The molecule has 0 aliphatic carbocycles. The van der Waals surface area contributed by atoms with Crippen LogP contribution in [0.25, 0.3) is 17.0 Å². The number of amides is 1. The van der Waals surface area contributed by atoms with E-state index in [0.717, 1.165) is 5.69 Å². The fourth-order valence-electron chi connectivity index (χ4n) is 3.09. The van der Waals surface area contributed by atoms with Gasteiger partial charge >= 0.3 is 12.1 Å². The van der Waals surface area contributed by atoms with Gasteiger partial charge in [0.1, 0.15) is 28.7 Å². The second-order valence-electron chi connectivity index (χ2n) is 8.06. The summed E-state index contributed by atoms with van der Waals surface area (Å²) in [5.74, 6) is 0.567. The van der Waals surface area contributed by atoms with Crippen LogP contribution >= 0.6 is 11.6 Å². The third-order valence-electron chi connectivity index (χ3n) is 4.73. The van der Waals surface area contributed by atoms with E-state index in [1.54, 1.807) is 12.1 Å². The molecule has 2 N–H and O–H groups in total. The number of fused-ring (bicyclic) bond motifs is 1. The molecule has 1 aromatic carbocycles. The van der Waals surface area contributed by atoms with E-state index in [-0.39, 0.29) is 18.4 Å². The number of hydrogen-bond acceptors (Lipinski definition) is 8. The highest BCUT2D eigenvalue weighted by atomic mass is 35.5. The number of nitrogens with one attached hydrogen (secondary N) is 2. The number of anilines is 1. The minimum absolute atomic E-state index is 0.0475. The number of aromatic nitrogens is 4. The van der Waals surface area contributed by atoms with Crippen LogP contribution in [0.2, 0.25) is 5.02 Å². The first-order chi connectivity index (χ1) is 15.6. The van der Waals surface area contributed by atoms with Gasteiger partial charge in [-0.1, -0.05) is 32.4 Å². The Bertz CT molecular complexity index is 1150. The van der Waals surface area contributed by atoms with Crippen molar-refractivity contribution in [3.63, 3.8) is 0 Å². The number of carbonyl (C=O) groups excluding carboxylic acids is 2. The molecule has 0 aliphatic rings. The predicted molar refractivity (Wildman–Crippen MR) is 121 cm³/mol. The van der Waals surface area contributed by atoms with Crippen LogP contribution in [0.1, 0.15) is 32.9 Å². The summed E-state index contributed by atoms with van der Waals surface area (Å²) in [4.78, 5) is 27.8. The summed E-state index contributed by atoms with van der Waals surface area (Å²) in [5.41, 5.74) is 1.91. The van der Waals surface area contributed by atoms with E-state index in [1.165, 1.54) is 26.0 Å². The van der Waals surface area contributed by atoms with Crippen molar-refractivity contribution < 1.29 is 28.5 Å². The average molecular weight is 480 g/mol. The zero-order valence-electron chi connectivity index (χ0n) is 19.2. The Kier molecular flexibility index (Phi) is 7.01. The Labute approximate surface area is 195 Å². The van der Waals surface area contributed by atoms with E-state index in [2.05, 4.69) is 25.2 Å². The van der Waals surface area contributed by atoms with Crippen LogP contribution in [0.3, 0.4) is 0 Å². The van der Waals surface area contributed by atoms with Gasteiger partial charge in [-0.3, -0.25) is 15.2 Å². The van der Waals surface area contributed by atoms with Gasteiger partial charge in [0.25, 0.3) is 0 Å². The molecule has 0 spiro atoms. The highest BCUT2D eigenvalue weighted by Crippen LogP contribution is 2.41. The number of aromatic amines is 1. The zero-order valence-corrected chi connectivity index (χ0v) is 20.0. The molecule has 0 atom stereocenters. The number of esters is 1. The quantitative estimate of drug-likeness (QED) is 0.489. The van der Waals surface area contributed by atoms with Crippen molar-refractivity contribution >= 4 is 35.0 Å². The van der Waals surface area contributed by atoms with E-state index < -0.39 is 12.1 Å². The number of halogens is 1. The Morgan fingerprint density at radius 2 is 1.79 bits per heavy atom. The van der Waals surface area contributed by atoms with Crippen molar-refractivity contribution in [2.75, 3.05) is 33.3 Å². The Morgan fingerprint density at radius 1 is 1.15 bits per heavy atom. The molecule has 33 heavy (non-hydrogen) atoms. The van der Waals surface area contributed by atoms with Gasteiger partial charge in [-0.25, -0.2) is 9.78 Å². The third kappa shape index (κ3) is 5.14. The maximum absolute atomic E-state index is 12.1. The summed E-state index contributed by atoms with van der Waals surface area (Å²) in [6, 6.07) is 3.16. The van der Waals surface area contributed by atoms with Crippen LogP contribution < -0.4 is 14.8 Å². The summed E-state index contributed by atoms with van der Waals surface area (Å²) in [7, 11) is 4.21. The van der Waals surface area contributed by atoms with Gasteiger partial charge in [-0.15, -0.1) is 5.10 Å².